The maximum absolute atomic E-state index is 13.0. The molecule has 0 bridgehead atoms. The van der Waals surface area contributed by atoms with Crippen molar-refractivity contribution in [2.75, 3.05) is 44.7 Å². The summed E-state index contributed by atoms with van der Waals surface area (Å²) in [6, 6.07) is 8.57. The number of piperazine rings is 1. The number of aromatic nitrogens is 4. The van der Waals surface area contributed by atoms with Crippen LogP contribution in [-0.2, 0) is 4.79 Å². The minimum absolute atomic E-state index is 0.0868. The highest BCUT2D eigenvalue weighted by atomic mass is 16.2. The van der Waals surface area contributed by atoms with E-state index < -0.39 is 6.03 Å². The Bertz CT molecular complexity index is 998. The van der Waals surface area contributed by atoms with Crippen LogP contribution >= 0.6 is 0 Å². The van der Waals surface area contributed by atoms with E-state index >= 15 is 0 Å². The minimum Gasteiger partial charge on any atom is -0.339 e. The number of anilines is 2. The Morgan fingerprint density at radius 1 is 1.17 bits per heavy atom. The SMILES string of the molecule is CN1CCN(C(=O)CNC(=O)N(c2ccccc2)c2ncc3c[nH]nc3n2)CC1. The van der Waals surface area contributed by atoms with Gasteiger partial charge in [0.25, 0.3) is 0 Å². The van der Waals surface area contributed by atoms with Crippen molar-refractivity contribution < 1.29 is 9.59 Å². The van der Waals surface area contributed by atoms with Crippen LogP contribution in [0.25, 0.3) is 11.0 Å². The summed E-state index contributed by atoms with van der Waals surface area (Å²) in [7, 11) is 2.03. The van der Waals surface area contributed by atoms with Crippen LogP contribution in [0.5, 0.6) is 0 Å². The topological polar surface area (TPSA) is 110 Å². The Labute approximate surface area is 167 Å². The summed E-state index contributed by atoms with van der Waals surface area (Å²) in [5.74, 6) is 0.0727. The summed E-state index contributed by atoms with van der Waals surface area (Å²) < 4.78 is 0. The predicted octanol–water partition coefficient (Wildman–Crippen LogP) is 0.975. The third-order valence-corrected chi connectivity index (χ3v) is 4.84. The molecule has 3 heterocycles. The summed E-state index contributed by atoms with van der Waals surface area (Å²) in [5.41, 5.74) is 1.05. The van der Waals surface area contributed by atoms with Gasteiger partial charge >= 0.3 is 6.03 Å². The van der Waals surface area contributed by atoms with E-state index in [2.05, 4.69) is 30.4 Å². The molecular formula is C19H22N8O2. The number of hydrogen-bond acceptors (Lipinski definition) is 6. The van der Waals surface area contributed by atoms with E-state index in [1.54, 1.807) is 29.4 Å². The van der Waals surface area contributed by atoms with Gasteiger partial charge in [-0.15, -0.1) is 0 Å². The van der Waals surface area contributed by atoms with Crippen LogP contribution in [0.3, 0.4) is 0 Å². The summed E-state index contributed by atoms with van der Waals surface area (Å²) in [6.45, 7) is 2.89. The van der Waals surface area contributed by atoms with Gasteiger partial charge in [0.15, 0.2) is 5.65 Å². The number of nitrogens with zero attached hydrogens (tertiary/aromatic N) is 6. The number of benzene rings is 1. The third kappa shape index (κ3) is 4.16. The van der Waals surface area contributed by atoms with Gasteiger partial charge in [-0.2, -0.15) is 10.1 Å². The van der Waals surface area contributed by atoms with Gasteiger partial charge < -0.3 is 15.1 Å². The normalized spacial score (nSPS) is 14.7. The molecule has 1 aliphatic heterocycles. The summed E-state index contributed by atoms with van der Waals surface area (Å²) in [6.07, 6.45) is 3.28. The Kier molecular flexibility index (Phi) is 5.34. The zero-order valence-electron chi connectivity index (χ0n) is 16.1. The lowest BCUT2D eigenvalue weighted by molar-refractivity contribution is -0.131. The number of carbonyl (C=O) groups excluding carboxylic acids is 2. The molecule has 3 amide bonds. The number of urea groups is 1. The third-order valence-electron chi connectivity index (χ3n) is 4.84. The molecule has 1 aliphatic rings. The van der Waals surface area contributed by atoms with E-state index in [0.29, 0.717) is 24.4 Å². The van der Waals surface area contributed by atoms with Crippen LogP contribution in [0.1, 0.15) is 0 Å². The number of rotatable bonds is 4. The number of aromatic amines is 1. The average Bonchev–Trinajstić information content (AvgIpc) is 3.21. The first-order valence-corrected chi connectivity index (χ1v) is 9.37. The number of fused-ring (bicyclic) bond motifs is 1. The highest BCUT2D eigenvalue weighted by Crippen LogP contribution is 2.23. The van der Waals surface area contributed by atoms with E-state index in [1.807, 2.05) is 25.2 Å². The fourth-order valence-corrected chi connectivity index (χ4v) is 3.13. The van der Waals surface area contributed by atoms with Gasteiger partial charge in [0.1, 0.15) is 0 Å². The number of nitrogens with one attached hydrogen (secondary N) is 2. The second kappa shape index (κ2) is 8.23. The standard InChI is InChI=1S/C19H22N8O2/c1-25-7-9-26(10-8-25)16(28)13-21-19(29)27(15-5-3-2-4-6-15)18-20-11-14-12-22-24-17(14)23-18/h2-6,11-12H,7-10,13H2,1H3,(H,21,29)(H,20,22,23,24). The molecule has 10 heteroatoms. The highest BCUT2D eigenvalue weighted by Gasteiger charge is 2.24. The molecule has 29 heavy (non-hydrogen) atoms. The second-order valence-corrected chi connectivity index (χ2v) is 6.85. The van der Waals surface area contributed by atoms with Gasteiger partial charge in [0, 0.05) is 38.6 Å². The van der Waals surface area contributed by atoms with Gasteiger partial charge in [-0.05, 0) is 19.2 Å². The first-order chi connectivity index (χ1) is 14.1. The quantitative estimate of drug-likeness (QED) is 0.682. The highest BCUT2D eigenvalue weighted by molar-refractivity contribution is 5.99. The predicted molar refractivity (Wildman–Crippen MR) is 108 cm³/mol. The molecule has 4 rings (SSSR count). The lowest BCUT2D eigenvalue weighted by Crippen LogP contribution is -2.51. The zero-order chi connectivity index (χ0) is 20.2. The molecule has 0 spiro atoms. The number of carbonyl (C=O) groups is 2. The van der Waals surface area contributed by atoms with Crippen molar-refractivity contribution in [1.29, 1.82) is 0 Å². The summed E-state index contributed by atoms with van der Waals surface area (Å²) >= 11 is 0. The Morgan fingerprint density at radius 2 is 1.93 bits per heavy atom. The summed E-state index contributed by atoms with van der Waals surface area (Å²) in [5, 5.41) is 10.2. The molecule has 150 valence electrons. The van der Waals surface area contributed by atoms with Crippen molar-refractivity contribution in [2.24, 2.45) is 0 Å². The monoisotopic (exact) mass is 394 g/mol. The minimum atomic E-state index is -0.478. The first kappa shape index (κ1) is 18.8. The molecule has 10 nitrogen and oxygen atoms in total. The van der Waals surface area contributed by atoms with Crippen LogP contribution in [0.4, 0.5) is 16.4 Å². The molecule has 3 aromatic rings. The average molecular weight is 394 g/mol. The molecule has 0 aliphatic carbocycles. The van der Waals surface area contributed by atoms with E-state index in [4.69, 9.17) is 0 Å². The Hall–Kier alpha value is -3.53. The lowest BCUT2D eigenvalue weighted by atomic mass is 10.3. The molecule has 0 radical (unpaired) electrons. The Balaban J connectivity index is 1.51. The molecule has 1 fully saturated rings. The van der Waals surface area contributed by atoms with Crippen molar-refractivity contribution in [3.8, 4) is 0 Å². The van der Waals surface area contributed by atoms with Gasteiger partial charge in [-0.1, -0.05) is 18.2 Å². The van der Waals surface area contributed by atoms with Crippen LogP contribution in [0.2, 0.25) is 0 Å². The van der Waals surface area contributed by atoms with Gasteiger partial charge in [0.2, 0.25) is 11.9 Å². The largest absolute Gasteiger partial charge is 0.339 e. The molecule has 2 aromatic heterocycles. The van der Waals surface area contributed by atoms with Crippen LogP contribution in [-0.4, -0.2) is 81.7 Å². The fourth-order valence-electron chi connectivity index (χ4n) is 3.13. The van der Waals surface area contributed by atoms with E-state index in [1.165, 1.54) is 4.90 Å². The Morgan fingerprint density at radius 3 is 2.69 bits per heavy atom. The maximum atomic E-state index is 13.0. The van der Waals surface area contributed by atoms with Crippen molar-refractivity contribution in [2.45, 2.75) is 0 Å². The van der Waals surface area contributed by atoms with E-state index in [-0.39, 0.29) is 18.4 Å². The van der Waals surface area contributed by atoms with Crippen molar-refractivity contribution in [1.82, 2.24) is 35.3 Å². The second-order valence-electron chi connectivity index (χ2n) is 6.85. The van der Waals surface area contributed by atoms with Gasteiger partial charge in [-0.25, -0.2) is 14.7 Å². The van der Waals surface area contributed by atoms with E-state index in [0.717, 1.165) is 18.5 Å². The van der Waals surface area contributed by atoms with Crippen LogP contribution in [0, 0.1) is 0 Å². The molecule has 1 saturated heterocycles. The smallest absolute Gasteiger partial charge is 0.329 e. The molecule has 2 N–H and O–H groups in total. The molecular weight excluding hydrogens is 372 g/mol. The zero-order valence-corrected chi connectivity index (χ0v) is 16.1. The number of H-pyrrole nitrogens is 1. The summed E-state index contributed by atoms with van der Waals surface area (Å²) in [4.78, 5) is 39.4. The van der Waals surface area contributed by atoms with Crippen molar-refractivity contribution >= 4 is 34.6 Å². The van der Waals surface area contributed by atoms with Crippen LogP contribution < -0.4 is 10.2 Å². The molecule has 0 atom stereocenters. The maximum Gasteiger partial charge on any atom is 0.329 e. The number of likely N-dealkylation sites (N-methyl/N-ethyl adjacent to an activating group) is 1. The molecule has 1 aromatic carbocycles. The van der Waals surface area contributed by atoms with Gasteiger partial charge in [-0.3, -0.25) is 9.89 Å². The van der Waals surface area contributed by atoms with E-state index in [9.17, 15) is 9.59 Å². The molecule has 0 saturated carbocycles. The molecule has 0 unspecified atom stereocenters. The number of amides is 3. The van der Waals surface area contributed by atoms with Crippen LogP contribution in [0.15, 0.2) is 42.7 Å². The first-order valence-electron chi connectivity index (χ1n) is 9.37. The lowest BCUT2D eigenvalue weighted by Gasteiger charge is -2.32. The number of hydrogen-bond donors (Lipinski definition) is 2. The van der Waals surface area contributed by atoms with Crippen molar-refractivity contribution in [3.63, 3.8) is 0 Å². The van der Waals surface area contributed by atoms with Crippen molar-refractivity contribution in [3.05, 3.63) is 42.7 Å². The fraction of sp³-hybridized carbons (Fsp3) is 0.316. The van der Waals surface area contributed by atoms with Gasteiger partial charge in [0.05, 0.1) is 17.6 Å². The number of para-hydroxylation sites is 1.